The molecule has 0 N–H and O–H groups in total. The third kappa shape index (κ3) is 6.15. The van der Waals surface area contributed by atoms with Gasteiger partial charge in [-0.25, -0.2) is 0 Å². The maximum atomic E-state index is 7.10. The van der Waals surface area contributed by atoms with Gasteiger partial charge in [-0.2, -0.15) is 0 Å². The Labute approximate surface area is 460 Å². The average Bonchev–Trinajstić information content (AvgIpc) is 4.27. The van der Waals surface area contributed by atoms with E-state index in [-0.39, 0.29) is 13.4 Å². The Morgan fingerprint density at radius 2 is 0.700 bits per heavy atom. The van der Waals surface area contributed by atoms with Gasteiger partial charge in [0.25, 0.3) is 13.4 Å². The lowest BCUT2D eigenvalue weighted by atomic mass is 9.35. The highest BCUT2D eigenvalue weighted by molar-refractivity contribution is 6.99. The summed E-state index contributed by atoms with van der Waals surface area (Å²) < 4.78 is 37.1. The van der Waals surface area contributed by atoms with Crippen molar-refractivity contribution in [2.24, 2.45) is 0 Å². The molecular formula is C72H41B2NO5. The van der Waals surface area contributed by atoms with E-state index in [1.807, 2.05) is 24.3 Å². The van der Waals surface area contributed by atoms with Crippen molar-refractivity contribution in [2.75, 3.05) is 0 Å². The molecule has 0 saturated carbocycles. The van der Waals surface area contributed by atoms with Gasteiger partial charge in [0.15, 0.2) is 0 Å². The zero-order valence-electron chi connectivity index (χ0n) is 42.8. The molecule has 8 heteroatoms. The fourth-order valence-electron chi connectivity index (χ4n) is 13.7. The second kappa shape index (κ2) is 16.5. The van der Waals surface area contributed by atoms with E-state index in [4.69, 9.17) is 23.4 Å². The third-order valence-electron chi connectivity index (χ3n) is 17.1. The van der Waals surface area contributed by atoms with Crippen molar-refractivity contribution in [3.63, 3.8) is 0 Å². The van der Waals surface area contributed by atoms with Crippen molar-refractivity contribution >= 4 is 89.9 Å². The van der Waals surface area contributed by atoms with Gasteiger partial charge in [-0.05, 0) is 128 Å². The first-order valence-corrected chi connectivity index (χ1v) is 27.3. The standard InChI is InChI=1S/C72H41B2NO5/c1-2-19-44(20-3-1)75-70-50(47-23-6-4-21-45(47)42-37-63-68-64(38-42)77-60-34-15-10-29-55(60)73(68)54-28-9-14-33-59(54)76-63)26-18-27-51(70)67-71(75)52(41-53-49-25-8-13-32-58(49)80-72(53)67)48-24-7-5-22-46(48)43-39-65-69-66(40-43)79-62-36-17-12-31-57(62)74(69)56-30-11-16-35-61(56)78-65/h1-41H. The number of benzene rings is 12. The Balaban J connectivity index is 0.896. The SMILES string of the molecule is c1ccc(-n2c3c(-c4ccccc4-c4cc5c6c(c4)Oc4ccccc4B6c4ccccc4O5)cccc3c3c4oc5ccccc5c4cc(-c4ccccc4-c4cc5c6c(c4)Oc4ccccc4B6c4ccccc4O5)c32)cc1. The minimum absolute atomic E-state index is 0.0203. The monoisotopic (exact) mass is 1020 g/mol. The van der Waals surface area contributed by atoms with Gasteiger partial charge in [0, 0.05) is 43.9 Å². The largest absolute Gasteiger partial charge is 0.458 e. The summed E-state index contributed by atoms with van der Waals surface area (Å²) in [7, 11) is 0. The van der Waals surface area contributed by atoms with Crippen molar-refractivity contribution in [1.82, 2.24) is 4.57 Å². The maximum absolute atomic E-state index is 7.10. The molecule has 0 unspecified atom stereocenters. The van der Waals surface area contributed by atoms with Crippen LogP contribution in [0.1, 0.15) is 0 Å². The Hall–Kier alpha value is -10.4. The van der Waals surface area contributed by atoms with Crippen LogP contribution in [0.25, 0.3) is 93.9 Å². The highest BCUT2D eigenvalue weighted by atomic mass is 16.5. The number of para-hydroxylation sites is 7. The van der Waals surface area contributed by atoms with E-state index in [1.54, 1.807) is 0 Å². The van der Waals surface area contributed by atoms with Crippen LogP contribution in [0.3, 0.4) is 0 Å². The Morgan fingerprint density at radius 3 is 1.23 bits per heavy atom. The van der Waals surface area contributed by atoms with Crippen LogP contribution in [0.15, 0.2) is 253 Å². The molecule has 6 nitrogen and oxygen atoms in total. The van der Waals surface area contributed by atoms with E-state index in [9.17, 15) is 0 Å². The summed E-state index contributed by atoms with van der Waals surface area (Å²) in [6.07, 6.45) is 0. The van der Waals surface area contributed by atoms with E-state index in [0.717, 1.165) is 173 Å². The summed E-state index contributed by atoms with van der Waals surface area (Å²) in [5, 5.41) is 4.21. The van der Waals surface area contributed by atoms with E-state index < -0.39 is 0 Å². The molecule has 0 spiro atoms. The van der Waals surface area contributed by atoms with Gasteiger partial charge in [0.05, 0.1) is 16.4 Å². The van der Waals surface area contributed by atoms with Crippen molar-refractivity contribution in [2.45, 2.75) is 0 Å². The van der Waals surface area contributed by atoms with E-state index in [2.05, 4.69) is 229 Å². The first-order valence-electron chi connectivity index (χ1n) is 27.3. The minimum atomic E-state index is -0.0272. The Kier molecular flexibility index (Phi) is 9.03. The highest BCUT2D eigenvalue weighted by Crippen LogP contribution is 2.51. The number of ether oxygens (including phenoxy) is 4. The van der Waals surface area contributed by atoms with Crippen LogP contribution in [0.5, 0.6) is 46.0 Å². The average molecular weight is 1020 g/mol. The van der Waals surface area contributed by atoms with Crippen LogP contribution in [-0.4, -0.2) is 18.0 Å². The van der Waals surface area contributed by atoms with Crippen LogP contribution in [0, 0.1) is 0 Å². The van der Waals surface area contributed by atoms with Crippen LogP contribution >= 0.6 is 0 Å². The molecule has 14 aromatic rings. The molecule has 12 aromatic carbocycles. The number of fused-ring (bicyclic) bond motifs is 15. The molecule has 0 bridgehead atoms. The molecule has 0 aliphatic carbocycles. The molecule has 2 aromatic heterocycles. The smallest absolute Gasteiger partial charge is 0.260 e. The van der Waals surface area contributed by atoms with E-state index in [1.165, 1.54) is 0 Å². The lowest BCUT2D eigenvalue weighted by Gasteiger charge is -2.33. The minimum Gasteiger partial charge on any atom is -0.458 e. The number of rotatable bonds is 5. The molecule has 0 fully saturated rings. The lowest BCUT2D eigenvalue weighted by Crippen LogP contribution is -2.57. The fraction of sp³-hybridized carbons (Fsp3) is 0. The van der Waals surface area contributed by atoms with Gasteiger partial charge in [-0.1, -0.05) is 176 Å². The highest BCUT2D eigenvalue weighted by Gasteiger charge is 2.42. The molecule has 0 saturated heterocycles. The second-order valence-corrected chi connectivity index (χ2v) is 21.3. The predicted octanol–water partition coefficient (Wildman–Crippen LogP) is 14.8. The summed E-state index contributed by atoms with van der Waals surface area (Å²) in [5.74, 6) is 6.62. The Morgan fingerprint density at radius 1 is 0.287 bits per heavy atom. The molecule has 4 aliphatic heterocycles. The lowest BCUT2D eigenvalue weighted by molar-refractivity contribution is 0.464. The van der Waals surface area contributed by atoms with Crippen LogP contribution < -0.4 is 51.7 Å². The van der Waals surface area contributed by atoms with Crippen molar-refractivity contribution in [3.05, 3.63) is 249 Å². The number of hydrogen-bond donors (Lipinski definition) is 0. The molecule has 18 rings (SSSR count). The molecule has 0 atom stereocenters. The van der Waals surface area contributed by atoms with Crippen molar-refractivity contribution in [3.8, 4) is 96.2 Å². The first-order chi connectivity index (χ1) is 39.7. The van der Waals surface area contributed by atoms with Crippen LogP contribution in [0.4, 0.5) is 0 Å². The van der Waals surface area contributed by atoms with Crippen LogP contribution in [0.2, 0.25) is 0 Å². The van der Waals surface area contributed by atoms with Gasteiger partial charge in [-0.15, -0.1) is 0 Å². The number of nitrogens with zero attached hydrogens (tertiary/aromatic N) is 1. The first kappa shape index (κ1) is 43.6. The summed E-state index contributed by atoms with van der Waals surface area (Å²) in [4.78, 5) is 0. The molecular weight excluding hydrogens is 980 g/mol. The third-order valence-corrected chi connectivity index (χ3v) is 17.1. The zero-order valence-corrected chi connectivity index (χ0v) is 42.8. The predicted molar refractivity (Wildman–Crippen MR) is 325 cm³/mol. The summed E-state index contributed by atoms with van der Waals surface area (Å²) in [6, 6.07) is 88.2. The van der Waals surface area contributed by atoms with Gasteiger partial charge in [-0.3, -0.25) is 0 Å². The maximum Gasteiger partial charge on any atom is 0.260 e. The van der Waals surface area contributed by atoms with Crippen molar-refractivity contribution < 1.29 is 23.4 Å². The normalized spacial score (nSPS) is 13.1. The molecule has 0 amide bonds. The molecule has 6 heterocycles. The second-order valence-electron chi connectivity index (χ2n) is 21.3. The summed E-state index contributed by atoms with van der Waals surface area (Å²) in [6.45, 7) is -0.0475. The molecule has 4 aliphatic rings. The van der Waals surface area contributed by atoms with Crippen LogP contribution in [-0.2, 0) is 0 Å². The number of furan rings is 1. The number of aromatic nitrogens is 1. The Bertz CT molecular complexity index is 4860. The van der Waals surface area contributed by atoms with E-state index >= 15 is 0 Å². The number of hydrogen-bond acceptors (Lipinski definition) is 5. The molecule has 370 valence electrons. The zero-order chi connectivity index (χ0) is 52.2. The molecule has 0 radical (unpaired) electrons. The fourth-order valence-corrected chi connectivity index (χ4v) is 13.7. The summed E-state index contributed by atoms with van der Waals surface area (Å²) in [5.41, 5.74) is 19.8. The van der Waals surface area contributed by atoms with Crippen molar-refractivity contribution in [1.29, 1.82) is 0 Å². The van der Waals surface area contributed by atoms with E-state index in [0.29, 0.717) is 0 Å². The van der Waals surface area contributed by atoms with Gasteiger partial charge < -0.3 is 27.9 Å². The molecule has 80 heavy (non-hydrogen) atoms. The summed E-state index contributed by atoms with van der Waals surface area (Å²) >= 11 is 0. The van der Waals surface area contributed by atoms with Gasteiger partial charge in [0.1, 0.15) is 57.2 Å². The van der Waals surface area contributed by atoms with Gasteiger partial charge >= 0.3 is 0 Å². The van der Waals surface area contributed by atoms with Gasteiger partial charge in [0.2, 0.25) is 0 Å². The quantitative estimate of drug-likeness (QED) is 0.161. The topological polar surface area (TPSA) is 55.0 Å².